The Balaban J connectivity index is 1.51. The Kier molecular flexibility index (Phi) is 8.13. The number of amidine groups is 1. The standard InChI is InChI=1S/C26H33N7O3S/c1-15-5-8-17(9-6-15)28-23(34)22(27)29-18-10-7-16(26(36)32(2)3)13-20(18)30-24(35)25-31-19-11-12-33(4)14-21(19)37-25/h5-6,8-9,16,20,27H,7,10-14H2,1-4H3,(H,28,34)(H,30,35)/t16-,20+/m0/s1. The molecule has 10 nitrogen and oxygen atoms in total. The van der Waals surface area contributed by atoms with Gasteiger partial charge in [-0.2, -0.15) is 0 Å². The molecular formula is C26H33N7O3S. The summed E-state index contributed by atoms with van der Waals surface area (Å²) in [6.45, 7) is 3.62. The lowest BCUT2D eigenvalue weighted by molar-refractivity contribution is -0.133. The summed E-state index contributed by atoms with van der Waals surface area (Å²) >= 11 is 1.38. The number of rotatable bonds is 4. The average Bonchev–Trinajstić information content (AvgIpc) is 3.29. The number of anilines is 1. The number of nitrogens with zero attached hydrogens (tertiary/aromatic N) is 4. The molecule has 0 spiro atoms. The van der Waals surface area contributed by atoms with Crippen molar-refractivity contribution in [3.8, 4) is 0 Å². The number of thiazole rings is 1. The molecule has 1 aromatic heterocycles. The quantitative estimate of drug-likeness (QED) is 0.419. The fraction of sp³-hybridized carbons (Fsp3) is 0.462. The molecule has 2 aromatic rings. The van der Waals surface area contributed by atoms with Gasteiger partial charge in [0.2, 0.25) is 11.7 Å². The number of likely N-dealkylation sites (N-methyl/N-ethyl adjacent to an activating group) is 1. The fourth-order valence-corrected chi connectivity index (χ4v) is 5.65. The fourth-order valence-electron chi connectivity index (χ4n) is 4.56. The first kappa shape index (κ1) is 26.6. The normalized spacial score (nSPS) is 20.7. The third-order valence-corrected chi connectivity index (χ3v) is 7.74. The second-order valence-electron chi connectivity index (χ2n) is 9.88. The van der Waals surface area contributed by atoms with Gasteiger partial charge in [-0.1, -0.05) is 17.7 Å². The predicted molar refractivity (Wildman–Crippen MR) is 144 cm³/mol. The van der Waals surface area contributed by atoms with Crippen LogP contribution in [-0.2, 0) is 22.6 Å². The molecule has 2 heterocycles. The number of hydrogen-bond acceptors (Lipinski definition) is 7. The van der Waals surface area contributed by atoms with Crippen LogP contribution in [0.1, 0.15) is 45.2 Å². The van der Waals surface area contributed by atoms with Crippen molar-refractivity contribution in [2.75, 3.05) is 33.0 Å². The van der Waals surface area contributed by atoms with Crippen LogP contribution in [0.15, 0.2) is 29.3 Å². The van der Waals surface area contributed by atoms with Crippen LogP contribution in [0.25, 0.3) is 0 Å². The van der Waals surface area contributed by atoms with E-state index in [1.807, 2.05) is 26.1 Å². The molecule has 2 atom stereocenters. The van der Waals surface area contributed by atoms with Crippen LogP contribution >= 0.6 is 11.3 Å². The van der Waals surface area contributed by atoms with Gasteiger partial charge in [0, 0.05) is 55.8 Å². The lowest BCUT2D eigenvalue weighted by Crippen LogP contribution is -2.47. The molecule has 0 saturated heterocycles. The van der Waals surface area contributed by atoms with Gasteiger partial charge in [0.25, 0.3) is 11.8 Å². The lowest BCUT2D eigenvalue weighted by atomic mass is 9.83. The highest BCUT2D eigenvalue weighted by atomic mass is 32.1. The molecule has 37 heavy (non-hydrogen) atoms. The highest BCUT2D eigenvalue weighted by Gasteiger charge is 2.34. The number of fused-ring (bicyclic) bond motifs is 1. The Labute approximate surface area is 220 Å². The predicted octanol–water partition coefficient (Wildman–Crippen LogP) is 2.48. The van der Waals surface area contributed by atoms with Crippen molar-refractivity contribution in [2.24, 2.45) is 10.9 Å². The second kappa shape index (κ2) is 11.3. The molecule has 3 N–H and O–H groups in total. The number of aliphatic imine (C=N–C) groups is 1. The van der Waals surface area contributed by atoms with Gasteiger partial charge < -0.3 is 20.4 Å². The summed E-state index contributed by atoms with van der Waals surface area (Å²) in [4.78, 5) is 52.2. The van der Waals surface area contributed by atoms with Crippen molar-refractivity contribution in [1.82, 2.24) is 20.1 Å². The first-order chi connectivity index (χ1) is 17.6. The number of nitrogens with one attached hydrogen (secondary N) is 3. The topological polar surface area (TPSA) is 131 Å². The van der Waals surface area contributed by atoms with E-state index in [1.54, 1.807) is 31.1 Å². The smallest absolute Gasteiger partial charge is 0.292 e. The Bertz CT molecular complexity index is 1240. The van der Waals surface area contributed by atoms with Crippen LogP contribution in [0.5, 0.6) is 0 Å². The number of hydrogen-bond donors (Lipinski definition) is 3. The van der Waals surface area contributed by atoms with Crippen molar-refractivity contribution in [2.45, 2.75) is 45.2 Å². The number of carbonyl (C=O) groups is 3. The summed E-state index contributed by atoms with van der Waals surface area (Å²) < 4.78 is 0. The van der Waals surface area contributed by atoms with E-state index in [0.29, 0.717) is 35.7 Å². The van der Waals surface area contributed by atoms with Gasteiger partial charge in [-0.15, -0.1) is 11.3 Å². The molecule has 1 aromatic carbocycles. The number of amides is 3. The number of aromatic nitrogens is 1. The number of benzene rings is 1. The average molecular weight is 524 g/mol. The summed E-state index contributed by atoms with van der Waals surface area (Å²) in [6.07, 6.45) is 2.09. The van der Waals surface area contributed by atoms with Gasteiger partial charge in [0.05, 0.1) is 11.7 Å². The zero-order valence-electron chi connectivity index (χ0n) is 21.6. The third kappa shape index (κ3) is 6.47. The molecule has 1 saturated carbocycles. The van der Waals surface area contributed by atoms with Crippen molar-refractivity contribution in [3.63, 3.8) is 0 Å². The molecule has 196 valence electrons. The maximum atomic E-state index is 13.2. The Hall–Kier alpha value is -3.44. The van der Waals surface area contributed by atoms with Crippen LogP contribution in [-0.4, -0.2) is 77.8 Å². The number of aryl methyl sites for hydroxylation is 1. The van der Waals surface area contributed by atoms with Gasteiger partial charge in [0.1, 0.15) is 0 Å². The van der Waals surface area contributed by atoms with E-state index in [4.69, 9.17) is 5.41 Å². The minimum atomic E-state index is -0.635. The van der Waals surface area contributed by atoms with Crippen LogP contribution < -0.4 is 10.6 Å². The first-order valence-corrected chi connectivity index (χ1v) is 13.2. The maximum absolute atomic E-state index is 13.2. The van der Waals surface area contributed by atoms with E-state index >= 15 is 0 Å². The van der Waals surface area contributed by atoms with E-state index in [0.717, 1.165) is 35.6 Å². The Morgan fingerprint density at radius 2 is 1.92 bits per heavy atom. The van der Waals surface area contributed by atoms with E-state index in [1.165, 1.54) is 11.3 Å². The second-order valence-corrected chi connectivity index (χ2v) is 11.0. The van der Waals surface area contributed by atoms with Crippen molar-refractivity contribution in [1.29, 1.82) is 5.41 Å². The maximum Gasteiger partial charge on any atom is 0.292 e. The Morgan fingerprint density at radius 3 is 2.62 bits per heavy atom. The zero-order valence-corrected chi connectivity index (χ0v) is 22.4. The minimum absolute atomic E-state index is 0.0155. The number of carbonyl (C=O) groups excluding carboxylic acids is 3. The molecule has 1 aliphatic carbocycles. The van der Waals surface area contributed by atoms with E-state index < -0.39 is 17.8 Å². The highest BCUT2D eigenvalue weighted by molar-refractivity contribution is 7.13. The minimum Gasteiger partial charge on any atom is -0.349 e. The summed E-state index contributed by atoms with van der Waals surface area (Å²) in [5.74, 6) is -1.70. The molecule has 3 amide bonds. The molecule has 11 heteroatoms. The molecular weight excluding hydrogens is 490 g/mol. The Morgan fingerprint density at radius 1 is 1.19 bits per heavy atom. The van der Waals surface area contributed by atoms with Crippen LogP contribution in [0, 0.1) is 18.3 Å². The lowest BCUT2D eigenvalue weighted by Gasteiger charge is -2.31. The van der Waals surface area contributed by atoms with Crippen LogP contribution in [0.4, 0.5) is 5.69 Å². The SMILES string of the molecule is Cc1ccc(NC(=O)C(=N)N=C2CC[C@H](C(=O)N(C)C)C[C@H]2NC(=O)c2nc3c(s2)CN(C)CC3)cc1. The van der Waals surface area contributed by atoms with Gasteiger partial charge >= 0.3 is 0 Å². The largest absolute Gasteiger partial charge is 0.349 e. The summed E-state index contributed by atoms with van der Waals surface area (Å²) in [7, 11) is 5.46. The molecule has 2 aliphatic rings. The van der Waals surface area contributed by atoms with Crippen molar-refractivity contribution >= 4 is 46.3 Å². The van der Waals surface area contributed by atoms with Crippen molar-refractivity contribution in [3.05, 3.63) is 45.4 Å². The summed E-state index contributed by atoms with van der Waals surface area (Å²) in [5, 5.41) is 14.3. The summed E-state index contributed by atoms with van der Waals surface area (Å²) in [6, 6.07) is 6.69. The van der Waals surface area contributed by atoms with Crippen molar-refractivity contribution < 1.29 is 14.4 Å². The summed E-state index contributed by atoms with van der Waals surface area (Å²) in [5.41, 5.74) is 3.11. The first-order valence-electron chi connectivity index (χ1n) is 12.3. The zero-order chi connectivity index (χ0) is 26.7. The van der Waals surface area contributed by atoms with Gasteiger partial charge in [-0.25, -0.2) is 9.98 Å². The monoisotopic (exact) mass is 523 g/mol. The molecule has 0 bridgehead atoms. The molecule has 4 rings (SSSR count). The third-order valence-electron chi connectivity index (χ3n) is 6.66. The molecule has 1 aliphatic heterocycles. The van der Waals surface area contributed by atoms with E-state index in [9.17, 15) is 14.4 Å². The van der Waals surface area contributed by atoms with Crippen LogP contribution in [0.3, 0.4) is 0 Å². The van der Waals surface area contributed by atoms with Crippen LogP contribution in [0.2, 0.25) is 0 Å². The van der Waals surface area contributed by atoms with Gasteiger partial charge in [0.15, 0.2) is 5.01 Å². The van der Waals surface area contributed by atoms with E-state index in [2.05, 4.69) is 25.5 Å². The van der Waals surface area contributed by atoms with Gasteiger partial charge in [-0.3, -0.25) is 19.8 Å². The molecule has 1 fully saturated rings. The molecule has 0 radical (unpaired) electrons. The molecule has 0 unspecified atom stereocenters. The van der Waals surface area contributed by atoms with Gasteiger partial charge in [-0.05, 0) is 45.4 Å². The highest BCUT2D eigenvalue weighted by Crippen LogP contribution is 2.27. The van der Waals surface area contributed by atoms with E-state index in [-0.39, 0.29) is 17.7 Å².